The summed E-state index contributed by atoms with van der Waals surface area (Å²) in [6, 6.07) is 17.1. The van der Waals surface area contributed by atoms with Gasteiger partial charge in [-0.3, -0.25) is 9.69 Å². The maximum Gasteiger partial charge on any atom is 0.335 e. The number of likely N-dealkylation sites (tertiary alicyclic amines) is 1. The Morgan fingerprint density at radius 3 is 2.62 bits per heavy atom. The van der Waals surface area contributed by atoms with Crippen LogP contribution in [-0.2, 0) is 31.0 Å². The van der Waals surface area contributed by atoms with Crippen molar-refractivity contribution in [3.8, 4) is 11.5 Å². The molecule has 2 N–H and O–H groups in total. The quantitative estimate of drug-likeness (QED) is 0.161. The van der Waals surface area contributed by atoms with Crippen LogP contribution in [0.25, 0.3) is 11.0 Å². The highest BCUT2D eigenvalue weighted by Crippen LogP contribution is 2.26. The number of carboxylic acid groups (broad SMARTS) is 2. The summed E-state index contributed by atoms with van der Waals surface area (Å²) in [5, 5.41) is 16.8. The van der Waals surface area contributed by atoms with Crippen LogP contribution in [0.3, 0.4) is 0 Å². The summed E-state index contributed by atoms with van der Waals surface area (Å²) in [5.41, 5.74) is 3.72. The predicted octanol–water partition coefficient (Wildman–Crippen LogP) is 6.11. The number of hydrogen-bond donors (Lipinski definition) is 2. The average Bonchev–Trinajstić information content (AvgIpc) is 3.65. The van der Waals surface area contributed by atoms with E-state index in [9.17, 15) is 14.3 Å². The van der Waals surface area contributed by atoms with Crippen LogP contribution in [0.4, 0.5) is 4.39 Å². The van der Waals surface area contributed by atoms with E-state index in [0.717, 1.165) is 66.3 Å². The maximum absolute atomic E-state index is 14.1. The van der Waals surface area contributed by atoms with Crippen molar-refractivity contribution in [2.75, 3.05) is 13.1 Å². The van der Waals surface area contributed by atoms with Gasteiger partial charge in [0.1, 0.15) is 24.3 Å². The fraction of sp³-hybridized carbons (Fsp3) is 0.294. The Morgan fingerprint density at radius 1 is 1.11 bits per heavy atom. The van der Waals surface area contributed by atoms with Crippen LogP contribution >= 0.6 is 11.6 Å². The number of benzene rings is 3. The van der Waals surface area contributed by atoms with Gasteiger partial charge in [0.2, 0.25) is 0 Å². The third kappa shape index (κ3) is 8.46. The zero-order chi connectivity index (χ0) is 33.3. The predicted molar refractivity (Wildman–Crippen MR) is 173 cm³/mol. The molecular formula is C34H35ClFN5O6. The van der Waals surface area contributed by atoms with Crippen molar-refractivity contribution < 1.29 is 33.7 Å². The van der Waals surface area contributed by atoms with Gasteiger partial charge in [0.15, 0.2) is 11.6 Å². The topological polar surface area (TPSA) is 132 Å². The molecule has 6 rings (SSSR count). The number of hydrogen-bond acceptors (Lipinski definition) is 7. The monoisotopic (exact) mass is 663 g/mol. The normalized spacial score (nSPS) is 13.6. The molecule has 0 radical (unpaired) electrons. The molecule has 246 valence electrons. The van der Waals surface area contributed by atoms with E-state index in [1.165, 1.54) is 12.1 Å². The molecule has 1 aliphatic heterocycles. The summed E-state index contributed by atoms with van der Waals surface area (Å²) in [4.78, 5) is 31.6. The lowest BCUT2D eigenvalue weighted by Gasteiger charge is -2.32. The molecule has 0 atom stereocenters. The van der Waals surface area contributed by atoms with E-state index < -0.39 is 11.8 Å². The van der Waals surface area contributed by atoms with E-state index in [-0.39, 0.29) is 30.5 Å². The van der Waals surface area contributed by atoms with Gasteiger partial charge in [0, 0.05) is 30.9 Å². The average molecular weight is 664 g/mol. The van der Waals surface area contributed by atoms with Crippen molar-refractivity contribution in [3.05, 3.63) is 107 Å². The summed E-state index contributed by atoms with van der Waals surface area (Å²) in [5.74, 6) is 0.334. The SMILES string of the molecule is CCn1cncc1Cn1c(CN2CCC(Oc3cccc(COc4ccc(Cl)cc4F)c3)CC2)nc2ccc(C(=O)O)cc21.O=CO. The number of carboxylic acids is 1. The minimum atomic E-state index is -0.963. The van der Waals surface area contributed by atoms with E-state index in [1.807, 2.05) is 36.8 Å². The molecule has 2 aromatic heterocycles. The molecule has 3 aromatic carbocycles. The van der Waals surface area contributed by atoms with E-state index in [2.05, 4.69) is 25.9 Å². The molecule has 0 saturated carbocycles. The molecule has 1 fully saturated rings. The van der Waals surface area contributed by atoms with Gasteiger partial charge in [-0.1, -0.05) is 23.7 Å². The van der Waals surface area contributed by atoms with Gasteiger partial charge < -0.3 is 28.8 Å². The first-order valence-corrected chi connectivity index (χ1v) is 15.5. The molecule has 0 unspecified atom stereocenters. The fourth-order valence-corrected chi connectivity index (χ4v) is 5.73. The van der Waals surface area contributed by atoms with Crippen LogP contribution < -0.4 is 9.47 Å². The Kier molecular flexibility index (Phi) is 11.1. The first kappa shape index (κ1) is 33.4. The van der Waals surface area contributed by atoms with Gasteiger partial charge in [-0.15, -0.1) is 0 Å². The first-order valence-electron chi connectivity index (χ1n) is 15.1. The molecule has 0 aliphatic carbocycles. The number of aromatic nitrogens is 4. The lowest BCUT2D eigenvalue weighted by molar-refractivity contribution is -0.122. The fourth-order valence-electron chi connectivity index (χ4n) is 5.57. The van der Waals surface area contributed by atoms with Gasteiger partial charge in [-0.05, 0) is 73.9 Å². The highest BCUT2D eigenvalue weighted by Gasteiger charge is 2.23. The largest absolute Gasteiger partial charge is 0.490 e. The summed E-state index contributed by atoms with van der Waals surface area (Å²) in [7, 11) is 0. The Hall–Kier alpha value is -4.94. The number of imidazole rings is 2. The molecule has 0 spiro atoms. The number of aryl methyl sites for hydroxylation is 1. The van der Waals surface area contributed by atoms with Crippen LogP contribution in [0, 0.1) is 5.82 Å². The number of aromatic carboxylic acids is 1. The third-order valence-electron chi connectivity index (χ3n) is 7.92. The van der Waals surface area contributed by atoms with Crippen molar-refractivity contribution in [1.82, 2.24) is 24.0 Å². The zero-order valence-electron chi connectivity index (χ0n) is 25.8. The summed E-state index contributed by atoms with van der Waals surface area (Å²) in [6.45, 7) is 5.67. The molecule has 11 nitrogen and oxygen atoms in total. The second-order valence-electron chi connectivity index (χ2n) is 11.0. The second-order valence-corrected chi connectivity index (χ2v) is 11.4. The first-order chi connectivity index (χ1) is 22.8. The Labute approximate surface area is 275 Å². The lowest BCUT2D eigenvalue weighted by Crippen LogP contribution is -2.38. The molecule has 1 aliphatic rings. The maximum atomic E-state index is 14.1. The van der Waals surface area contributed by atoms with E-state index in [1.54, 1.807) is 24.3 Å². The second kappa shape index (κ2) is 15.6. The number of carbonyl (C=O) groups is 2. The summed E-state index contributed by atoms with van der Waals surface area (Å²) in [6.07, 6.45) is 5.42. The third-order valence-corrected chi connectivity index (χ3v) is 8.16. The van der Waals surface area contributed by atoms with Crippen LogP contribution in [0.5, 0.6) is 11.5 Å². The van der Waals surface area contributed by atoms with Crippen molar-refractivity contribution >= 4 is 35.1 Å². The number of nitrogens with zero attached hydrogens (tertiary/aromatic N) is 5. The van der Waals surface area contributed by atoms with Crippen molar-refractivity contribution in [2.24, 2.45) is 0 Å². The van der Waals surface area contributed by atoms with Crippen molar-refractivity contribution in [1.29, 1.82) is 0 Å². The van der Waals surface area contributed by atoms with Crippen molar-refractivity contribution in [2.45, 2.75) is 52.1 Å². The minimum absolute atomic E-state index is 0.0620. The molecule has 0 amide bonds. The molecule has 0 bridgehead atoms. The molecule has 13 heteroatoms. The highest BCUT2D eigenvalue weighted by molar-refractivity contribution is 6.30. The van der Waals surface area contributed by atoms with E-state index in [0.29, 0.717) is 18.1 Å². The molecule has 47 heavy (non-hydrogen) atoms. The smallest absolute Gasteiger partial charge is 0.335 e. The van der Waals surface area contributed by atoms with Crippen LogP contribution in [0.15, 0.2) is 73.2 Å². The van der Waals surface area contributed by atoms with Gasteiger partial charge in [0.25, 0.3) is 6.47 Å². The number of fused-ring (bicyclic) bond motifs is 1. The van der Waals surface area contributed by atoms with Crippen LogP contribution in [-0.4, -0.2) is 65.9 Å². The number of ether oxygens (including phenoxy) is 2. The Bertz CT molecular complexity index is 1840. The van der Waals surface area contributed by atoms with Gasteiger partial charge in [0.05, 0.1) is 41.7 Å². The van der Waals surface area contributed by atoms with Gasteiger partial charge >= 0.3 is 5.97 Å². The zero-order valence-corrected chi connectivity index (χ0v) is 26.5. The van der Waals surface area contributed by atoms with E-state index in [4.69, 9.17) is 36.0 Å². The number of piperidine rings is 1. The Balaban J connectivity index is 0.00000139. The standard InChI is InChI=1S/C33H33ClFN5O4.CH2O2/c1-2-39-21-36-17-25(39)18-40-30-15-23(33(41)42)6-8-29(30)37-32(40)19-38-12-10-26(11-13-38)44-27-5-3-4-22(14-27)20-43-31-9-7-24(34)16-28(31)35;2-1-3/h3-9,14-17,21,26H,2,10-13,18-20H2,1H3,(H,41,42);1H,(H,2,3). The Morgan fingerprint density at radius 2 is 1.89 bits per heavy atom. The highest BCUT2D eigenvalue weighted by atomic mass is 35.5. The van der Waals surface area contributed by atoms with Crippen LogP contribution in [0.2, 0.25) is 5.02 Å². The number of halogens is 2. The minimum Gasteiger partial charge on any atom is -0.490 e. The van der Waals surface area contributed by atoms with Gasteiger partial charge in [-0.2, -0.15) is 0 Å². The lowest BCUT2D eigenvalue weighted by atomic mass is 10.1. The summed E-state index contributed by atoms with van der Waals surface area (Å²) >= 11 is 5.83. The number of rotatable bonds is 11. The van der Waals surface area contributed by atoms with Crippen LogP contribution in [0.1, 0.15) is 47.2 Å². The molecule has 3 heterocycles. The van der Waals surface area contributed by atoms with E-state index >= 15 is 0 Å². The summed E-state index contributed by atoms with van der Waals surface area (Å²) < 4.78 is 30.2. The van der Waals surface area contributed by atoms with Gasteiger partial charge in [-0.25, -0.2) is 19.2 Å². The molecule has 1 saturated heterocycles. The van der Waals surface area contributed by atoms with Crippen molar-refractivity contribution in [3.63, 3.8) is 0 Å². The molecular weight excluding hydrogens is 629 g/mol. The molecule has 5 aromatic rings.